The zero-order valence-electron chi connectivity index (χ0n) is 14.7. The predicted octanol–water partition coefficient (Wildman–Crippen LogP) is 5.19. The lowest BCUT2D eigenvalue weighted by atomic mass is 10.2. The molecule has 0 aliphatic carbocycles. The van der Waals surface area contributed by atoms with Crippen LogP contribution >= 0.6 is 0 Å². The second kappa shape index (κ2) is 7.51. The van der Waals surface area contributed by atoms with E-state index in [1.165, 1.54) is 0 Å². The minimum Gasteiger partial charge on any atom is -0.359 e. The summed E-state index contributed by atoms with van der Waals surface area (Å²) in [6, 6.07) is 2.04. The first-order valence-electron chi connectivity index (χ1n) is 7.99. The van der Waals surface area contributed by atoms with Gasteiger partial charge in [-0.25, -0.2) is 17.2 Å². The molecule has 166 valence electrons. The van der Waals surface area contributed by atoms with Gasteiger partial charge >= 0.3 is 12.4 Å². The monoisotopic (exact) mass is 471 g/mol. The number of pyridine rings is 1. The van der Waals surface area contributed by atoms with Gasteiger partial charge in [-0.05, 0) is 24.3 Å². The van der Waals surface area contributed by atoms with Crippen LogP contribution in [0.25, 0.3) is 11.4 Å². The van der Waals surface area contributed by atoms with Gasteiger partial charge in [0, 0.05) is 18.5 Å². The molecule has 0 atom stereocenters. The molecule has 1 aromatic carbocycles. The van der Waals surface area contributed by atoms with Gasteiger partial charge in [0.25, 0.3) is 10.0 Å². The van der Waals surface area contributed by atoms with E-state index in [1.807, 2.05) is 0 Å². The Morgan fingerprint density at radius 1 is 0.903 bits per heavy atom. The summed E-state index contributed by atoms with van der Waals surface area (Å²) in [6.07, 6.45) is -8.19. The Kier molecular flexibility index (Phi) is 5.46. The SMILES string of the molecule is O=S(=O)(Nc1cc(F)c(C(F)(F)F)cc1F)c1c[nH]c(-c2cc(C(F)(F)F)ccn2)c1. The molecule has 2 aromatic heterocycles. The Labute approximate surface area is 168 Å². The fourth-order valence-corrected chi connectivity index (χ4v) is 3.53. The van der Waals surface area contributed by atoms with E-state index in [0.717, 1.165) is 18.5 Å². The molecule has 31 heavy (non-hydrogen) atoms. The van der Waals surface area contributed by atoms with Crippen molar-refractivity contribution in [1.82, 2.24) is 9.97 Å². The molecular weight excluding hydrogens is 462 g/mol. The molecule has 14 heteroatoms. The third-order valence-electron chi connectivity index (χ3n) is 3.94. The van der Waals surface area contributed by atoms with Gasteiger partial charge < -0.3 is 4.98 Å². The van der Waals surface area contributed by atoms with Crippen LogP contribution < -0.4 is 4.72 Å². The van der Waals surface area contributed by atoms with Crippen molar-refractivity contribution in [3.63, 3.8) is 0 Å². The molecule has 0 radical (unpaired) electrons. The summed E-state index contributed by atoms with van der Waals surface area (Å²) < 4.78 is 130. The zero-order valence-corrected chi connectivity index (χ0v) is 15.6. The number of anilines is 1. The highest BCUT2D eigenvalue weighted by atomic mass is 32.2. The molecule has 3 aromatic rings. The number of sulfonamides is 1. The molecule has 0 aliphatic rings. The van der Waals surface area contributed by atoms with Crippen molar-refractivity contribution in [2.45, 2.75) is 17.2 Å². The molecule has 0 saturated carbocycles. The molecule has 5 nitrogen and oxygen atoms in total. The number of alkyl halides is 6. The maximum Gasteiger partial charge on any atom is 0.419 e. The highest BCUT2D eigenvalue weighted by Gasteiger charge is 2.35. The molecule has 0 bridgehead atoms. The molecule has 0 aliphatic heterocycles. The van der Waals surface area contributed by atoms with Crippen molar-refractivity contribution in [2.24, 2.45) is 0 Å². The van der Waals surface area contributed by atoms with Gasteiger partial charge in [-0.2, -0.15) is 26.3 Å². The van der Waals surface area contributed by atoms with E-state index in [0.29, 0.717) is 12.1 Å². The molecule has 2 heterocycles. The van der Waals surface area contributed by atoms with E-state index in [4.69, 9.17) is 0 Å². The van der Waals surface area contributed by atoms with E-state index in [1.54, 1.807) is 4.72 Å². The number of benzene rings is 1. The summed E-state index contributed by atoms with van der Waals surface area (Å²) in [5.41, 5.74) is -4.47. The summed E-state index contributed by atoms with van der Waals surface area (Å²) in [5, 5.41) is 0. The number of aromatic nitrogens is 2. The number of hydrogen-bond acceptors (Lipinski definition) is 3. The van der Waals surface area contributed by atoms with Crippen LogP contribution in [0.3, 0.4) is 0 Å². The molecule has 0 amide bonds. The fraction of sp³-hybridized carbons (Fsp3) is 0.118. The van der Waals surface area contributed by atoms with E-state index in [-0.39, 0.29) is 23.5 Å². The zero-order chi connectivity index (χ0) is 23.2. The van der Waals surface area contributed by atoms with Crippen molar-refractivity contribution in [3.8, 4) is 11.4 Å². The average Bonchev–Trinajstić information content (AvgIpc) is 3.14. The number of aromatic amines is 1. The van der Waals surface area contributed by atoms with Crippen molar-refractivity contribution in [3.05, 3.63) is 65.5 Å². The Hall–Kier alpha value is -3.16. The molecule has 0 fully saturated rings. The van der Waals surface area contributed by atoms with Crippen molar-refractivity contribution >= 4 is 15.7 Å². The summed E-state index contributed by atoms with van der Waals surface area (Å²) in [7, 11) is -4.65. The fourth-order valence-electron chi connectivity index (χ4n) is 2.48. The lowest BCUT2D eigenvalue weighted by Gasteiger charge is -2.12. The predicted molar refractivity (Wildman–Crippen MR) is 91.2 cm³/mol. The largest absolute Gasteiger partial charge is 0.419 e. The average molecular weight is 471 g/mol. The van der Waals surface area contributed by atoms with Crippen LogP contribution in [0.1, 0.15) is 11.1 Å². The first-order chi connectivity index (χ1) is 14.2. The van der Waals surface area contributed by atoms with Crippen LogP contribution in [0.5, 0.6) is 0 Å². The lowest BCUT2D eigenvalue weighted by molar-refractivity contribution is -0.140. The molecule has 2 N–H and O–H groups in total. The maximum atomic E-state index is 13.9. The molecule has 3 rings (SSSR count). The second-order valence-electron chi connectivity index (χ2n) is 6.09. The molecule has 0 unspecified atom stereocenters. The van der Waals surface area contributed by atoms with Crippen LogP contribution in [0.2, 0.25) is 0 Å². The van der Waals surface area contributed by atoms with Gasteiger partial charge in [-0.15, -0.1) is 0 Å². The maximum absolute atomic E-state index is 13.9. The first kappa shape index (κ1) is 22.5. The van der Waals surface area contributed by atoms with Crippen LogP contribution in [0.4, 0.5) is 40.8 Å². The number of halogens is 8. The van der Waals surface area contributed by atoms with Crippen LogP contribution in [-0.2, 0) is 22.4 Å². The van der Waals surface area contributed by atoms with Gasteiger partial charge in [-0.1, -0.05) is 0 Å². The van der Waals surface area contributed by atoms with Crippen LogP contribution in [0.15, 0.2) is 47.6 Å². The first-order valence-corrected chi connectivity index (χ1v) is 9.48. The minimum atomic E-state index is -5.20. The normalized spacial score (nSPS) is 12.8. The topological polar surface area (TPSA) is 74.8 Å². The molecule has 0 spiro atoms. The number of nitrogens with one attached hydrogen (secondary N) is 2. The van der Waals surface area contributed by atoms with Crippen LogP contribution in [-0.4, -0.2) is 18.4 Å². The van der Waals surface area contributed by atoms with E-state index in [9.17, 15) is 43.5 Å². The summed E-state index contributed by atoms with van der Waals surface area (Å²) in [4.78, 5) is 5.47. The Balaban J connectivity index is 1.92. The van der Waals surface area contributed by atoms with Crippen molar-refractivity contribution in [2.75, 3.05) is 4.72 Å². The molecule has 0 saturated heterocycles. The van der Waals surface area contributed by atoms with Crippen molar-refractivity contribution < 1.29 is 43.5 Å². The quantitative estimate of drug-likeness (QED) is 0.515. The summed E-state index contributed by atoms with van der Waals surface area (Å²) in [6.45, 7) is 0. The smallest absolute Gasteiger partial charge is 0.359 e. The van der Waals surface area contributed by atoms with Gasteiger partial charge in [0.1, 0.15) is 16.5 Å². The van der Waals surface area contributed by atoms with Gasteiger partial charge in [-0.3, -0.25) is 9.71 Å². The van der Waals surface area contributed by atoms with Gasteiger partial charge in [0.15, 0.2) is 0 Å². The van der Waals surface area contributed by atoms with E-state index >= 15 is 0 Å². The van der Waals surface area contributed by atoms with E-state index < -0.39 is 55.7 Å². The highest BCUT2D eigenvalue weighted by Crippen LogP contribution is 2.35. The Morgan fingerprint density at radius 3 is 2.19 bits per heavy atom. The van der Waals surface area contributed by atoms with Gasteiger partial charge in [0.2, 0.25) is 0 Å². The Bertz CT molecular complexity index is 1230. The lowest BCUT2D eigenvalue weighted by Crippen LogP contribution is -2.15. The Morgan fingerprint density at radius 2 is 1.58 bits per heavy atom. The molecular formula is C17H9F8N3O2S. The third kappa shape index (κ3) is 4.78. The van der Waals surface area contributed by atoms with Crippen LogP contribution in [0, 0.1) is 11.6 Å². The summed E-state index contributed by atoms with van der Waals surface area (Å²) >= 11 is 0. The minimum absolute atomic E-state index is 0.0254. The van der Waals surface area contributed by atoms with Gasteiger partial charge in [0.05, 0.1) is 28.2 Å². The number of H-pyrrole nitrogens is 1. The van der Waals surface area contributed by atoms with Crippen molar-refractivity contribution in [1.29, 1.82) is 0 Å². The number of nitrogens with zero attached hydrogens (tertiary/aromatic N) is 1. The summed E-state index contributed by atoms with van der Waals surface area (Å²) in [5.74, 6) is -3.60. The number of rotatable bonds is 4. The number of hydrogen-bond donors (Lipinski definition) is 2. The third-order valence-corrected chi connectivity index (χ3v) is 5.28. The van der Waals surface area contributed by atoms with E-state index in [2.05, 4.69) is 9.97 Å². The highest BCUT2D eigenvalue weighted by molar-refractivity contribution is 7.92. The standard InChI is InChI=1S/C17H9F8N3O2S/c18-11-6-13(12(19)5-10(11)17(23,24)25)28-31(29,30)9-4-15(27-7-9)14-3-8(1-2-26-14)16(20,21)22/h1-7,27-28H. The second-order valence-corrected chi connectivity index (χ2v) is 7.77.